The zero-order valence-corrected chi connectivity index (χ0v) is 17.8. The second-order valence-electron chi connectivity index (χ2n) is 8.62. The monoisotopic (exact) mass is 429 g/mol. The van der Waals surface area contributed by atoms with Gasteiger partial charge in [0.2, 0.25) is 0 Å². The molecule has 1 aliphatic carbocycles. The van der Waals surface area contributed by atoms with Gasteiger partial charge in [0.1, 0.15) is 11.6 Å². The molecule has 1 unspecified atom stereocenters. The van der Waals surface area contributed by atoms with Gasteiger partial charge in [-0.3, -0.25) is 4.79 Å². The molecule has 0 amide bonds. The normalized spacial score (nSPS) is 14.6. The fourth-order valence-electron chi connectivity index (χ4n) is 4.66. The van der Waals surface area contributed by atoms with Crippen LogP contribution >= 0.6 is 0 Å². The quantitative estimate of drug-likeness (QED) is 0.391. The molecule has 0 bridgehead atoms. The van der Waals surface area contributed by atoms with Crippen molar-refractivity contribution in [3.05, 3.63) is 94.9 Å². The van der Waals surface area contributed by atoms with Crippen molar-refractivity contribution in [2.75, 3.05) is 0 Å². The number of aryl methyl sites for hydroxylation is 1. The highest BCUT2D eigenvalue weighted by atomic mass is 19.1. The zero-order valence-electron chi connectivity index (χ0n) is 17.8. The first-order valence-corrected chi connectivity index (χ1v) is 10.8. The van der Waals surface area contributed by atoms with Crippen LogP contribution in [0.1, 0.15) is 47.1 Å². The van der Waals surface area contributed by atoms with Crippen LogP contribution in [0.25, 0.3) is 16.6 Å². The van der Waals surface area contributed by atoms with E-state index in [9.17, 15) is 19.4 Å². The Balaban J connectivity index is 1.80. The van der Waals surface area contributed by atoms with Crippen molar-refractivity contribution in [3.63, 3.8) is 0 Å². The number of hydrogen-bond acceptors (Lipinski definition) is 2. The number of phenols is 1. The lowest BCUT2D eigenvalue weighted by atomic mass is 9.88. The van der Waals surface area contributed by atoms with Crippen LogP contribution in [0.4, 0.5) is 4.39 Å². The highest BCUT2D eigenvalue weighted by molar-refractivity contribution is 5.94. The van der Waals surface area contributed by atoms with Crippen molar-refractivity contribution in [1.82, 2.24) is 4.57 Å². The maximum atomic E-state index is 14.0. The number of hydrogen-bond donors (Lipinski definition) is 2. The number of carbonyl (C=O) groups is 1. The molecule has 32 heavy (non-hydrogen) atoms. The molecular formula is C27H24FNO3. The van der Waals surface area contributed by atoms with E-state index >= 15 is 0 Å². The van der Waals surface area contributed by atoms with Gasteiger partial charge in [0, 0.05) is 16.8 Å². The van der Waals surface area contributed by atoms with Crippen molar-refractivity contribution < 1.29 is 19.4 Å². The molecule has 1 heterocycles. The molecule has 5 heteroatoms. The Hall–Kier alpha value is -3.60. The molecule has 4 aromatic rings. The fraction of sp³-hybridized carbons (Fsp3) is 0.222. The third-order valence-electron chi connectivity index (χ3n) is 6.32. The number of carboxylic acid groups (broad SMARTS) is 1. The summed E-state index contributed by atoms with van der Waals surface area (Å²) in [5, 5.41) is 21.3. The minimum absolute atomic E-state index is 0.0948. The summed E-state index contributed by atoms with van der Waals surface area (Å²) in [6, 6.07) is 19.7. The second kappa shape index (κ2) is 7.83. The third-order valence-corrected chi connectivity index (χ3v) is 6.32. The number of halogens is 1. The number of rotatable bonds is 6. The Morgan fingerprint density at radius 3 is 2.50 bits per heavy atom. The molecule has 162 valence electrons. The average Bonchev–Trinajstić information content (AvgIpc) is 3.56. The van der Waals surface area contributed by atoms with Crippen molar-refractivity contribution in [2.45, 2.75) is 38.0 Å². The molecule has 0 aliphatic heterocycles. The van der Waals surface area contributed by atoms with Gasteiger partial charge in [-0.25, -0.2) is 4.39 Å². The van der Waals surface area contributed by atoms with Crippen LogP contribution in [0.3, 0.4) is 0 Å². The Morgan fingerprint density at radius 1 is 1.09 bits per heavy atom. The van der Waals surface area contributed by atoms with Gasteiger partial charge in [-0.05, 0) is 85.2 Å². The predicted octanol–water partition coefficient (Wildman–Crippen LogP) is 6.07. The SMILES string of the molecule is Cc1cc(-n2c(C3CC3)c(C(Cc3ccccc3)C(=O)O)c3cc(O)ccc32)ccc1F. The Morgan fingerprint density at radius 2 is 1.84 bits per heavy atom. The van der Waals surface area contributed by atoms with E-state index in [1.165, 1.54) is 6.07 Å². The molecule has 1 aliphatic rings. The van der Waals surface area contributed by atoms with E-state index in [0.717, 1.165) is 46.3 Å². The van der Waals surface area contributed by atoms with Crippen molar-refractivity contribution in [3.8, 4) is 11.4 Å². The Labute approximate surface area is 185 Å². The number of fused-ring (bicyclic) bond motifs is 1. The highest BCUT2D eigenvalue weighted by Gasteiger charge is 2.37. The molecular weight excluding hydrogens is 405 g/mol. The molecule has 1 saturated carbocycles. The summed E-state index contributed by atoms with van der Waals surface area (Å²) in [6.07, 6.45) is 2.31. The molecule has 3 aromatic carbocycles. The van der Waals surface area contributed by atoms with Crippen molar-refractivity contribution >= 4 is 16.9 Å². The summed E-state index contributed by atoms with van der Waals surface area (Å²) in [6.45, 7) is 1.73. The predicted molar refractivity (Wildman–Crippen MR) is 122 cm³/mol. The Kier molecular flexibility index (Phi) is 4.97. The topological polar surface area (TPSA) is 62.5 Å². The summed E-state index contributed by atoms with van der Waals surface area (Å²) < 4.78 is 16.1. The average molecular weight is 429 g/mol. The first-order chi connectivity index (χ1) is 15.4. The molecule has 1 fully saturated rings. The zero-order chi connectivity index (χ0) is 22.4. The van der Waals surface area contributed by atoms with Gasteiger partial charge in [-0.2, -0.15) is 0 Å². The van der Waals surface area contributed by atoms with Crippen LogP contribution in [0.15, 0.2) is 66.7 Å². The number of nitrogens with zero attached hydrogens (tertiary/aromatic N) is 1. The molecule has 4 nitrogen and oxygen atoms in total. The van der Waals surface area contributed by atoms with Crippen molar-refractivity contribution in [2.24, 2.45) is 0 Å². The van der Waals surface area contributed by atoms with Gasteiger partial charge < -0.3 is 14.8 Å². The highest BCUT2D eigenvalue weighted by Crippen LogP contribution is 2.49. The van der Waals surface area contributed by atoms with Gasteiger partial charge in [-0.15, -0.1) is 0 Å². The molecule has 0 saturated heterocycles. The molecule has 0 radical (unpaired) electrons. The number of aromatic hydroxyl groups is 1. The summed E-state index contributed by atoms with van der Waals surface area (Å²) in [4.78, 5) is 12.6. The minimum atomic E-state index is -0.895. The molecule has 1 atom stereocenters. The van der Waals surface area contributed by atoms with Gasteiger partial charge in [0.05, 0.1) is 11.4 Å². The Bertz CT molecular complexity index is 1320. The third kappa shape index (κ3) is 3.54. The maximum Gasteiger partial charge on any atom is 0.311 e. The van der Waals surface area contributed by atoms with Crippen LogP contribution in [-0.4, -0.2) is 20.7 Å². The van der Waals surface area contributed by atoms with E-state index in [4.69, 9.17) is 0 Å². The van der Waals surface area contributed by atoms with Gasteiger partial charge in [0.25, 0.3) is 0 Å². The van der Waals surface area contributed by atoms with Crippen LogP contribution in [0.5, 0.6) is 5.75 Å². The van der Waals surface area contributed by atoms with Gasteiger partial charge in [0.15, 0.2) is 0 Å². The number of aliphatic carboxylic acids is 1. The van der Waals surface area contributed by atoms with Gasteiger partial charge >= 0.3 is 5.97 Å². The van der Waals surface area contributed by atoms with Crippen LogP contribution in [0.2, 0.25) is 0 Å². The standard InChI is InChI=1S/C27H24FNO3/c1-16-13-19(9-11-23(16)28)29-24-12-10-20(30)15-21(24)25(26(29)18-7-8-18)22(27(31)32)14-17-5-3-2-4-6-17/h2-6,9-13,15,18,22,30H,7-8,14H2,1H3,(H,31,32). The minimum Gasteiger partial charge on any atom is -0.508 e. The van der Waals surface area contributed by atoms with E-state index in [1.54, 1.807) is 31.2 Å². The summed E-state index contributed by atoms with van der Waals surface area (Å²) in [5.41, 5.74) is 4.81. The van der Waals surface area contributed by atoms with Crippen LogP contribution in [-0.2, 0) is 11.2 Å². The number of phenolic OH excluding ortho intramolecular Hbond substituents is 1. The lowest BCUT2D eigenvalue weighted by molar-refractivity contribution is -0.138. The fourth-order valence-corrected chi connectivity index (χ4v) is 4.66. The first-order valence-electron chi connectivity index (χ1n) is 10.8. The van der Waals surface area contributed by atoms with E-state index in [-0.39, 0.29) is 17.5 Å². The number of aromatic nitrogens is 1. The lowest BCUT2D eigenvalue weighted by Crippen LogP contribution is -2.16. The molecule has 2 N–H and O–H groups in total. The van der Waals surface area contributed by atoms with Gasteiger partial charge in [-0.1, -0.05) is 30.3 Å². The summed E-state index contributed by atoms with van der Waals surface area (Å²) in [7, 11) is 0. The van der Waals surface area contributed by atoms with Crippen LogP contribution < -0.4 is 0 Å². The lowest BCUT2D eigenvalue weighted by Gasteiger charge is -2.17. The van der Waals surface area contributed by atoms with E-state index < -0.39 is 11.9 Å². The molecule has 5 rings (SSSR count). The molecule has 0 spiro atoms. The largest absolute Gasteiger partial charge is 0.508 e. The summed E-state index contributed by atoms with van der Waals surface area (Å²) in [5.74, 6) is -1.60. The maximum absolute atomic E-state index is 14.0. The first kappa shape index (κ1) is 20.3. The van der Waals surface area contributed by atoms with Crippen LogP contribution in [0, 0.1) is 12.7 Å². The second-order valence-corrected chi connectivity index (χ2v) is 8.62. The van der Waals surface area contributed by atoms with E-state index in [1.807, 2.05) is 36.4 Å². The van der Waals surface area contributed by atoms with Crippen molar-refractivity contribution in [1.29, 1.82) is 0 Å². The van der Waals surface area contributed by atoms with E-state index in [2.05, 4.69) is 4.57 Å². The van der Waals surface area contributed by atoms with E-state index in [0.29, 0.717) is 12.0 Å². The summed E-state index contributed by atoms with van der Waals surface area (Å²) >= 11 is 0. The molecule has 1 aromatic heterocycles. The smallest absolute Gasteiger partial charge is 0.311 e. The number of benzene rings is 3. The number of carboxylic acids is 1.